The van der Waals surface area contributed by atoms with Gasteiger partial charge in [0.2, 0.25) is 0 Å². The fourth-order valence-corrected chi connectivity index (χ4v) is 2.21. The summed E-state index contributed by atoms with van der Waals surface area (Å²) in [5, 5.41) is 0.831. The van der Waals surface area contributed by atoms with Crippen molar-refractivity contribution in [3.8, 4) is 11.3 Å². The van der Waals surface area contributed by atoms with E-state index in [4.69, 9.17) is 50.8 Å². The number of furan rings is 1. The van der Waals surface area contributed by atoms with Crippen LogP contribution < -0.4 is 0 Å². The van der Waals surface area contributed by atoms with Gasteiger partial charge in [0.25, 0.3) is 0 Å². The maximum atomic E-state index is 10.5. The molecule has 0 radical (unpaired) electrons. The normalized spacial score (nSPS) is 10.6. The summed E-state index contributed by atoms with van der Waals surface area (Å²) in [4.78, 5) is 10.5. The zero-order chi connectivity index (χ0) is 12.6. The molecule has 0 aliphatic rings. The molecule has 0 saturated heterocycles. The fourth-order valence-electron chi connectivity index (χ4n) is 1.31. The van der Waals surface area contributed by atoms with Gasteiger partial charge in [-0.2, -0.15) is 0 Å². The van der Waals surface area contributed by atoms with E-state index < -0.39 is 0 Å². The summed E-state index contributed by atoms with van der Waals surface area (Å²) in [6, 6.07) is 4.66. The summed E-state index contributed by atoms with van der Waals surface area (Å²) in [5.41, 5.74) is 0.485. The fraction of sp³-hybridized carbons (Fsp3) is 0. The first-order chi connectivity index (χ1) is 8.04. The van der Waals surface area contributed by atoms with E-state index in [1.54, 1.807) is 6.07 Å². The summed E-state index contributed by atoms with van der Waals surface area (Å²) in [6.07, 6.45) is 0.594. The Balaban J connectivity index is 2.63. The van der Waals surface area contributed by atoms with E-state index in [-0.39, 0.29) is 25.9 Å². The molecule has 17 heavy (non-hydrogen) atoms. The van der Waals surface area contributed by atoms with Gasteiger partial charge in [0.1, 0.15) is 5.76 Å². The summed E-state index contributed by atoms with van der Waals surface area (Å²) >= 11 is 23.7. The van der Waals surface area contributed by atoms with Crippen molar-refractivity contribution in [2.45, 2.75) is 0 Å². The molecular weight excluding hydrogens is 306 g/mol. The number of carbonyl (C=O) groups is 1. The highest BCUT2D eigenvalue weighted by Gasteiger charge is 2.16. The van der Waals surface area contributed by atoms with Crippen LogP contribution in [0.4, 0.5) is 0 Å². The van der Waals surface area contributed by atoms with Crippen LogP contribution in [0.25, 0.3) is 11.3 Å². The van der Waals surface area contributed by atoms with E-state index in [9.17, 15) is 4.79 Å². The predicted octanol–water partition coefficient (Wildman–Crippen LogP) is 5.37. The number of carbonyl (C=O) groups excluding carboxylic acids is 1. The molecule has 88 valence electrons. The average Bonchev–Trinajstić information content (AvgIpc) is 2.79. The zero-order valence-corrected chi connectivity index (χ0v) is 11.2. The van der Waals surface area contributed by atoms with Crippen LogP contribution in [0.15, 0.2) is 22.6 Å². The monoisotopic (exact) mass is 308 g/mol. The van der Waals surface area contributed by atoms with Crippen LogP contribution in [0.3, 0.4) is 0 Å². The molecule has 2 nitrogen and oxygen atoms in total. The van der Waals surface area contributed by atoms with E-state index in [0.29, 0.717) is 17.6 Å². The van der Waals surface area contributed by atoms with Gasteiger partial charge in [-0.25, -0.2) is 0 Å². The Morgan fingerprint density at radius 3 is 2.29 bits per heavy atom. The van der Waals surface area contributed by atoms with Gasteiger partial charge in [-0.1, -0.05) is 46.4 Å². The number of rotatable bonds is 2. The zero-order valence-electron chi connectivity index (χ0n) is 8.14. The third-order valence-corrected chi connectivity index (χ3v) is 3.86. The molecule has 1 aromatic carbocycles. The average molecular weight is 310 g/mol. The van der Waals surface area contributed by atoms with Crippen molar-refractivity contribution in [2.75, 3.05) is 0 Å². The van der Waals surface area contributed by atoms with Gasteiger partial charge in [-0.3, -0.25) is 4.79 Å². The van der Waals surface area contributed by atoms with E-state index in [0.717, 1.165) is 0 Å². The van der Waals surface area contributed by atoms with Crippen LogP contribution >= 0.6 is 46.4 Å². The van der Waals surface area contributed by atoms with Gasteiger partial charge in [-0.05, 0) is 18.2 Å². The van der Waals surface area contributed by atoms with Gasteiger partial charge in [0.15, 0.2) is 12.0 Å². The van der Waals surface area contributed by atoms with Crippen LogP contribution in [0.5, 0.6) is 0 Å². The van der Waals surface area contributed by atoms with Crippen molar-refractivity contribution in [3.63, 3.8) is 0 Å². The minimum Gasteiger partial charge on any atom is -0.453 e. The first kappa shape index (κ1) is 12.8. The Morgan fingerprint density at radius 2 is 1.71 bits per heavy atom. The van der Waals surface area contributed by atoms with Crippen LogP contribution in [0, 0.1) is 0 Å². The Morgan fingerprint density at radius 1 is 1.00 bits per heavy atom. The second-order valence-electron chi connectivity index (χ2n) is 3.17. The Kier molecular flexibility index (Phi) is 3.69. The van der Waals surface area contributed by atoms with Crippen LogP contribution in [-0.2, 0) is 0 Å². The number of halogens is 4. The van der Waals surface area contributed by atoms with E-state index >= 15 is 0 Å². The lowest BCUT2D eigenvalue weighted by molar-refractivity contribution is 0.110. The number of hydrogen-bond donors (Lipinski definition) is 0. The first-order valence-electron chi connectivity index (χ1n) is 4.43. The Labute approximate surface area is 117 Å². The van der Waals surface area contributed by atoms with Crippen molar-refractivity contribution in [2.24, 2.45) is 0 Å². The summed E-state index contributed by atoms with van der Waals surface area (Å²) in [5.74, 6) is 0.593. The van der Waals surface area contributed by atoms with E-state index in [1.807, 2.05) is 0 Å². The van der Waals surface area contributed by atoms with Gasteiger partial charge < -0.3 is 4.42 Å². The molecule has 0 aliphatic heterocycles. The van der Waals surface area contributed by atoms with Crippen LogP contribution in [-0.4, -0.2) is 6.29 Å². The third kappa shape index (κ3) is 2.31. The first-order valence-corrected chi connectivity index (χ1v) is 5.94. The molecule has 0 bridgehead atoms. The second kappa shape index (κ2) is 4.91. The molecule has 0 unspecified atom stereocenters. The SMILES string of the molecule is O=Cc1ccc(-c2cc(Cl)c(Cl)c(Cl)c2Cl)o1. The van der Waals surface area contributed by atoms with Gasteiger partial charge in [-0.15, -0.1) is 0 Å². The van der Waals surface area contributed by atoms with E-state index in [1.165, 1.54) is 12.1 Å². The smallest absolute Gasteiger partial charge is 0.185 e. The second-order valence-corrected chi connectivity index (χ2v) is 4.71. The summed E-state index contributed by atoms with van der Waals surface area (Å²) in [7, 11) is 0. The highest BCUT2D eigenvalue weighted by Crippen LogP contribution is 2.42. The lowest BCUT2D eigenvalue weighted by Gasteiger charge is -2.06. The van der Waals surface area contributed by atoms with Crippen LogP contribution in [0.2, 0.25) is 20.1 Å². The quantitative estimate of drug-likeness (QED) is 0.424. The van der Waals surface area contributed by atoms with Crippen molar-refractivity contribution in [1.29, 1.82) is 0 Å². The molecule has 6 heteroatoms. The predicted molar refractivity (Wildman–Crippen MR) is 69.6 cm³/mol. The molecule has 0 atom stereocenters. The van der Waals surface area contributed by atoms with Crippen molar-refractivity contribution in [1.82, 2.24) is 0 Å². The van der Waals surface area contributed by atoms with Crippen LogP contribution in [0.1, 0.15) is 10.6 Å². The Hall–Kier alpha value is -0.670. The third-order valence-electron chi connectivity index (χ3n) is 2.11. The lowest BCUT2D eigenvalue weighted by atomic mass is 10.2. The van der Waals surface area contributed by atoms with Gasteiger partial charge >= 0.3 is 0 Å². The maximum absolute atomic E-state index is 10.5. The lowest BCUT2D eigenvalue weighted by Crippen LogP contribution is -1.81. The topological polar surface area (TPSA) is 30.2 Å². The molecule has 1 aromatic heterocycles. The minimum atomic E-state index is 0.153. The number of hydrogen-bond acceptors (Lipinski definition) is 2. The largest absolute Gasteiger partial charge is 0.453 e. The number of aldehydes is 1. The Bertz CT molecular complexity index is 589. The summed E-state index contributed by atoms with van der Waals surface area (Å²) < 4.78 is 5.24. The molecule has 0 N–H and O–H groups in total. The molecule has 2 aromatic rings. The molecule has 0 aliphatic carbocycles. The molecular formula is C11H4Cl4O2. The van der Waals surface area contributed by atoms with Gasteiger partial charge in [0, 0.05) is 5.56 Å². The maximum Gasteiger partial charge on any atom is 0.185 e. The number of benzene rings is 1. The van der Waals surface area contributed by atoms with Crippen molar-refractivity contribution in [3.05, 3.63) is 44.0 Å². The van der Waals surface area contributed by atoms with Crippen molar-refractivity contribution < 1.29 is 9.21 Å². The van der Waals surface area contributed by atoms with Gasteiger partial charge in [0.05, 0.1) is 20.1 Å². The molecule has 0 fully saturated rings. The molecule has 0 saturated carbocycles. The molecule has 2 rings (SSSR count). The molecule has 0 spiro atoms. The molecule has 0 amide bonds. The summed E-state index contributed by atoms with van der Waals surface area (Å²) in [6.45, 7) is 0. The highest BCUT2D eigenvalue weighted by atomic mass is 35.5. The van der Waals surface area contributed by atoms with Crippen molar-refractivity contribution >= 4 is 52.7 Å². The standard InChI is InChI=1S/C11H4Cl4O2/c12-7-3-6(9(13)11(15)10(7)14)8-2-1-5(4-16)17-8/h1-4H. The molecule has 1 heterocycles. The minimum absolute atomic E-state index is 0.153. The van der Waals surface area contributed by atoms with E-state index in [2.05, 4.69) is 0 Å². The highest BCUT2D eigenvalue weighted by molar-refractivity contribution is 6.52.